The molecule has 1 amide bonds. The van der Waals surface area contributed by atoms with Crippen LogP contribution in [0.3, 0.4) is 0 Å². The van der Waals surface area contributed by atoms with Gasteiger partial charge in [-0.2, -0.15) is 0 Å². The zero-order valence-corrected chi connectivity index (χ0v) is 21.3. The second-order valence-corrected chi connectivity index (χ2v) is 10.2. The number of ether oxygens (including phenoxy) is 3. The van der Waals surface area contributed by atoms with Crippen LogP contribution in [-0.4, -0.2) is 82.6 Å². The number of carbonyl (C=O) groups is 1. The molecular weight excluding hydrogens is 474 g/mol. The molecule has 196 valence electrons. The van der Waals surface area contributed by atoms with Gasteiger partial charge in [-0.25, -0.2) is 9.97 Å². The van der Waals surface area contributed by atoms with E-state index in [0.29, 0.717) is 38.8 Å². The van der Waals surface area contributed by atoms with Crippen molar-refractivity contribution in [1.29, 1.82) is 0 Å². The second kappa shape index (κ2) is 9.68. The number of carbonyl (C=O) groups excluding carboxylic acids is 1. The van der Waals surface area contributed by atoms with Gasteiger partial charge in [0.1, 0.15) is 23.8 Å². The minimum absolute atomic E-state index is 0.169. The third-order valence-corrected chi connectivity index (χ3v) is 7.60. The fourth-order valence-corrected chi connectivity index (χ4v) is 5.73. The molecule has 3 aliphatic heterocycles. The van der Waals surface area contributed by atoms with Crippen LogP contribution in [0.1, 0.15) is 31.0 Å². The van der Waals surface area contributed by atoms with Crippen LogP contribution in [0.15, 0.2) is 24.5 Å². The molecule has 6 rings (SSSR count). The minimum atomic E-state index is -0.561. The molecule has 2 saturated heterocycles. The molecule has 2 atom stereocenters. The molecule has 37 heavy (non-hydrogen) atoms. The van der Waals surface area contributed by atoms with E-state index < -0.39 is 5.60 Å². The van der Waals surface area contributed by atoms with Gasteiger partial charge in [-0.3, -0.25) is 9.69 Å². The Bertz CT molecular complexity index is 1330. The Hall–Kier alpha value is -3.05. The first-order valence-corrected chi connectivity index (χ1v) is 12.9. The predicted octanol–water partition coefficient (Wildman–Crippen LogP) is 2.23. The molecule has 0 saturated carbocycles. The maximum Gasteiger partial charge on any atom is 0.222 e. The Balaban J connectivity index is 1.41. The minimum Gasteiger partial charge on any atom is -0.492 e. The van der Waals surface area contributed by atoms with Crippen molar-refractivity contribution < 1.29 is 24.1 Å². The van der Waals surface area contributed by atoms with Crippen LogP contribution in [0.5, 0.6) is 5.75 Å². The Morgan fingerprint density at radius 3 is 3.00 bits per heavy atom. The number of nitrogens with one attached hydrogen (secondary N) is 1. The molecule has 10 heteroatoms. The number of likely N-dealkylation sites (tertiary alicyclic amines) is 1. The number of nitrogens with zero attached hydrogens (tertiary/aromatic N) is 4. The Morgan fingerprint density at radius 2 is 2.24 bits per heavy atom. The summed E-state index contributed by atoms with van der Waals surface area (Å²) >= 11 is 0. The zero-order valence-electron chi connectivity index (χ0n) is 21.3. The highest BCUT2D eigenvalue weighted by atomic mass is 16.6. The number of hydrogen-bond acceptors (Lipinski definition) is 8. The quantitative estimate of drug-likeness (QED) is 0.523. The summed E-state index contributed by atoms with van der Waals surface area (Å²) in [6.45, 7) is 6.06. The average Bonchev–Trinajstić information content (AvgIpc) is 3.59. The van der Waals surface area contributed by atoms with Crippen molar-refractivity contribution in [2.45, 2.75) is 37.9 Å². The fraction of sp³-hybridized carbons (Fsp3) is 0.519. The van der Waals surface area contributed by atoms with Crippen molar-refractivity contribution in [3.8, 4) is 17.0 Å². The lowest BCUT2D eigenvalue weighted by atomic mass is 9.89. The molecule has 10 nitrogen and oxygen atoms in total. The van der Waals surface area contributed by atoms with Crippen LogP contribution < -0.4 is 10.1 Å². The molecule has 0 radical (unpaired) electrons. The van der Waals surface area contributed by atoms with E-state index in [-0.39, 0.29) is 12.0 Å². The molecule has 3 aromatic heterocycles. The lowest BCUT2D eigenvalue weighted by molar-refractivity contribution is -0.114. The largest absolute Gasteiger partial charge is 0.492 e. The summed E-state index contributed by atoms with van der Waals surface area (Å²) < 4.78 is 20.5. The van der Waals surface area contributed by atoms with Gasteiger partial charge in [0.05, 0.1) is 42.4 Å². The number of aliphatic hydroxyl groups is 1. The monoisotopic (exact) mass is 507 g/mol. The van der Waals surface area contributed by atoms with Gasteiger partial charge in [0, 0.05) is 81.8 Å². The summed E-state index contributed by atoms with van der Waals surface area (Å²) in [6.07, 6.45) is 5.85. The SMILES string of the molecule is CC(=O)Nc1cc2c(-c3cc(OCCN4CC[C@@H](O)C4)c4c(n3)C3(CCOC3)OCC4)cn(C)c2cn1. The highest BCUT2D eigenvalue weighted by Gasteiger charge is 2.44. The molecule has 6 heterocycles. The molecule has 3 aromatic rings. The van der Waals surface area contributed by atoms with Gasteiger partial charge >= 0.3 is 0 Å². The topological polar surface area (TPSA) is 111 Å². The van der Waals surface area contributed by atoms with Crippen molar-refractivity contribution in [3.63, 3.8) is 0 Å². The number of aryl methyl sites for hydroxylation is 1. The molecule has 2 N–H and O–H groups in total. The van der Waals surface area contributed by atoms with Crippen molar-refractivity contribution in [1.82, 2.24) is 19.4 Å². The second-order valence-electron chi connectivity index (χ2n) is 10.2. The van der Waals surface area contributed by atoms with Crippen LogP contribution in [0.2, 0.25) is 0 Å². The fourth-order valence-electron chi connectivity index (χ4n) is 5.73. The van der Waals surface area contributed by atoms with Crippen LogP contribution in [0, 0.1) is 0 Å². The predicted molar refractivity (Wildman–Crippen MR) is 138 cm³/mol. The number of aliphatic hydroxyl groups excluding tert-OH is 1. The standard InChI is InChI=1S/C27H33N5O5/c1-17(33)29-25-11-20-21(15-31(2)23(20)13-28-25)22-12-24(36-10-7-32-6-3-18(34)14-32)19-4-8-37-27(26(19)30-22)5-9-35-16-27/h11-13,15,18,34H,3-10,14,16H2,1-2H3,(H,28,29,33)/t18-,27?/m1/s1. The Morgan fingerprint density at radius 1 is 1.35 bits per heavy atom. The summed E-state index contributed by atoms with van der Waals surface area (Å²) in [7, 11) is 1.97. The lowest BCUT2D eigenvalue weighted by Gasteiger charge is -2.34. The lowest BCUT2D eigenvalue weighted by Crippen LogP contribution is -2.37. The molecule has 0 bridgehead atoms. The maximum absolute atomic E-state index is 11.6. The maximum atomic E-state index is 11.6. The van der Waals surface area contributed by atoms with Crippen molar-refractivity contribution in [3.05, 3.63) is 35.8 Å². The highest BCUT2D eigenvalue weighted by molar-refractivity contribution is 5.98. The number of aromatic nitrogens is 3. The summed E-state index contributed by atoms with van der Waals surface area (Å²) in [4.78, 5) is 23.4. The molecular formula is C27H33N5O5. The van der Waals surface area contributed by atoms with Gasteiger partial charge < -0.3 is 29.2 Å². The third kappa shape index (κ3) is 4.59. The summed E-state index contributed by atoms with van der Waals surface area (Å²) in [6, 6.07) is 3.91. The molecule has 2 fully saturated rings. The van der Waals surface area contributed by atoms with Crippen LogP contribution >= 0.6 is 0 Å². The number of β-amino-alcohol motifs (C(OH)–C–C–N with tert-alkyl or cyclic N) is 1. The van der Waals surface area contributed by atoms with Gasteiger partial charge in [0.15, 0.2) is 0 Å². The van der Waals surface area contributed by atoms with Crippen molar-refractivity contribution in [2.24, 2.45) is 7.05 Å². The third-order valence-electron chi connectivity index (χ3n) is 7.60. The molecule has 1 spiro atoms. The number of fused-ring (bicyclic) bond motifs is 3. The van der Waals surface area contributed by atoms with Gasteiger partial charge in [-0.1, -0.05) is 0 Å². The number of pyridine rings is 2. The van der Waals surface area contributed by atoms with E-state index in [4.69, 9.17) is 19.2 Å². The van der Waals surface area contributed by atoms with Crippen molar-refractivity contribution >= 4 is 22.6 Å². The van der Waals surface area contributed by atoms with Crippen LogP contribution in [0.4, 0.5) is 5.82 Å². The zero-order chi connectivity index (χ0) is 25.6. The first-order valence-electron chi connectivity index (χ1n) is 12.9. The van der Waals surface area contributed by atoms with E-state index in [9.17, 15) is 9.90 Å². The van der Waals surface area contributed by atoms with Crippen LogP contribution in [-0.2, 0) is 33.3 Å². The van der Waals surface area contributed by atoms with E-state index in [1.807, 2.05) is 29.9 Å². The number of rotatable bonds is 6. The summed E-state index contributed by atoms with van der Waals surface area (Å²) in [5.41, 5.74) is 4.08. The first kappa shape index (κ1) is 24.3. The van der Waals surface area contributed by atoms with Gasteiger partial charge in [-0.05, 0) is 12.5 Å². The van der Waals surface area contributed by atoms with E-state index >= 15 is 0 Å². The number of anilines is 1. The van der Waals surface area contributed by atoms with E-state index in [2.05, 4.69) is 15.2 Å². The van der Waals surface area contributed by atoms with E-state index in [1.165, 1.54) is 6.92 Å². The Kier molecular flexibility index (Phi) is 6.36. The average molecular weight is 508 g/mol. The smallest absolute Gasteiger partial charge is 0.222 e. The molecule has 0 aliphatic carbocycles. The molecule has 0 aromatic carbocycles. The summed E-state index contributed by atoms with van der Waals surface area (Å²) in [5.74, 6) is 1.15. The highest BCUT2D eigenvalue weighted by Crippen LogP contribution is 2.44. The van der Waals surface area contributed by atoms with E-state index in [0.717, 1.165) is 71.5 Å². The van der Waals surface area contributed by atoms with Gasteiger partial charge in [0.25, 0.3) is 0 Å². The molecule has 3 aliphatic rings. The number of amides is 1. The first-order chi connectivity index (χ1) is 17.9. The van der Waals surface area contributed by atoms with Crippen molar-refractivity contribution in [2.75, 3.05) is 51.4 Å². The normalized spacial score (nSPS) is 23.6. The van der Waals surface area contributed by atoms with E-state index in [1.54, 1.807) is 6.20 Å². The summed E-state index contributed by atoms with van der Waals surface area (Å²) in [5, 5.41) is 13.6. The number of hydrogen-bond donors (Lipinski definition) is 2. The van der Waals surface area contributed by atoms with Gasteiger partial charge in [0.2, 0.25) is 5.91 Å². The molecule has 1 unspecified atom stereocenters. The Labute approximate surface area is 215 Å². The van der Waals surface area contributed by atoms with Crippen LogP contribution in [0.25, 0.3) is 22.2 Å². The van der Waals surface area contributed by atoms with Gasteiger partial charge in [-0.15, -0.1) is 0 Å².